The Morgan fingerprint density at radius 2 is 1.95 bits per heavy atom. The number of H-pyrrole nitrogens is 1. The first-order valence-corrected chi connectivity index (χ1v) is 7.52. The van der Waals surface area contributed by atoms with Gasteiger partial charge in [-0.15, -0.1) is 11.3 Å². The minimum atomic E-state index is -0.399. The van der Waals surface area contributed by atoms with Gasteiger partial charge in [-0.2, -0.15) is 5.10 Å². The van der Waals surface area contributed by atoms with E-state index in [9.17, 15) is 9.59 Å². The highest BCUT2D eigenvalue weighted by Gasteiger charge is 2.16. The fourth-order valence-electron chi connectivity index (χ4n) is 2.38. The van der Waals surface area contributed by atoms with Crippen molar-refractivity contribution < 1.29 is 0 Å². The first-order chi connectivity index (χ1) is 10.4. The van der Waals surface area contributed by atoms with Crippen LogP contribution in [0.25, 0.3) is 11.0 Å². The van der Waals surface area contributed by atoms with Gasteiger partial charge in [-0.1, -0.05) is 0 Å². The molecule has 22 heavy (non-hydrogen) atoms. The predicted octanol–water partition coefficient (Wildman–Crippen LogP) is 0.646. The van der Waals surface area contributed by atoms with Crippen LogP contribution >= 0.6 is 11.3 Å². The summed E-state index contributed by atoms with van der Waals surface area (Å²) in [4.78, 5) is 29.7. The van der Waals surface area contributed by atoms with Crippen LogP contribution in [-0.4, -0.2) is 24.3 Å². The molecule has 0 atom stereocenters. The predicted molar refractivity (Wildman–Crippen MR) is 85.5 cm³/mol. The van der Waals surface area contributed by atoms with Gasteiger partial charge in [0.1, 0.15) is 11.2 Å². The number of aryl methyl sites for hydroxylation is 3. The molecule has 9 heteroatoms. The Labute approximate surface area is 129 Å². The fourth-order valence-corrected chi connectivity index (χ4v) is 3.26. The molecule has 0 amide bonds. The van der Waals surface area contributed by atoms with Gasteiger partial charge in [0, 0.05) is 19.0 Å². The molecule has 8 nitrogen and oxygen atoms in total. The second-order valence-electron chi connectivity index (χ2n) is 5.10. The molecule has 0 aromatic carbocycles. The summed E-state index contributed by atoms with van der Waals surface area (Å²) in [6, 6.07) is 0. The number of nitrogens with one attached hydrogen (secondary N) is 2. The van der Waals surface area contributed by atoms with Gasteiger partial charge in [0.25, 0.3) is 5.56 Å². The molecule has 2 N–H and O–H groups in total. The minimum absolute atomic E-state index is 0.341. The van der Waals surface area contributed by atoms with Gasteiger partial charge >= 0.3 is 5.69 Å². The van der Waals surface area contributed by atoms with Crippen LogP contribution < -0.4 is 16.6 Å². The topological polar surface area (TPSA) is 97.6 Å². The van der Waals surface area contributed by atoms with E-state index < -0.39 is 5.69 Å². The lowest BCUT2D eigenvalue weighted by Crippen LogP contribution is -2.36. The second-order valence-corrected chi connectivity index (χ2v) is 6.39. The molecule has 0 bridgehead atoms. The maximum atomic E-state index is 12.3. The lowest BCUT2D eigenvalue weighted by Gasteiger charge is -2.05. The maximum absolute atomic E-state index is 12.3. The van der Waals surface area contributed by atoms with Gasteiger partial charge in [-0.25, -0.2) is 9.78 Å². The van der Waals surface area contributed by atoms with Gasteiger partial charge < -0.3 is 5.32 Å². The van der Waals surface area contributed by atoms with Crippen molar-refractivity contribution in [3.8, 4) is 0 Å². The highest BCUT2D eigenvalue weighted by Crippen LogP contribution is 2.20. The highest BCUT2D eigenvalue weighted by molar-refractivity contribution is 7.11. The average Bonchev–Trinajstić information content (AvgIpc) is 3.04. The summed E-state index contributed by atoms with van der Waals surface area (Å²) in [7, 11) is 3.04. The first-order valence-electron chi connectivity index (χ1n) is 6.71. The summed E-state index contributed by atoms with van der Waals surface area (Å²) < 4.78 is 2.42. The largest absolute Gasteiger partial charge is 0.365 e. The zero-order valence-electron chi connectivity index (χ0n) is 12.7. The fraction of sp³-hybridized carbons (Fsp3) is 0.385. The normalized spacial score (nSPS) is 11.3. The van der Waals surface area contributed by atoms with Crippen molar-refractivity contribution in [2.75, 3.05) is 5.32 Å². The van der Waals surface area contributed by atoms with E-state index in [-0.39, 0.29) is 5.56 Å². The van der Waals surface area contributed by atoms with Crippen LogP contribution in [0.2, 0.25) is 0 Å². The molecule has 0 saturated heterocycles. The summed E-state index contributed by atoms with van der Waals surface area (Å²) in [5, 5.41) is 11.4. The van der Waals surface area contributed by atoms with Crippen LogP contribution in [0.3, 0.4) is 0 Å². The number of thiazole rings is 1. The van der Waals surface area contributed by atoms with E-state index in [2.05, 4.69) is 20.5 Å². The van der Waals surface area contributed by atoms with Gasteiger partial charge in [0.2, 0.25) is 0 Å². The summed E-state index contributed by atoms with van der Waals surface area (Å²) >= 11 is 1.61. The van der Waals surface area contributed by atoms with Gasteiger partial charge in [0.05, 0.1) is 17.2 Å². The van der Waals surface area contributed by atoms with Crippen LogP contribution in [0.4, 0.5) is 5.82 Å². The van der Waals surface area contributed by atoms with Crippen molar-refractivity contribution in [3.05, 3.63) is 36.4 Å². The molecule has 116 valence electrons. The van der Waals surface area contributed by atoms with Crippen molar-refractivity contribution in [1.29, 1.82) is 0 Å². The first kappa shape index (κ1) is 14.5. The van der Waals surface area contributed by atoms with E-state index in [4.69, 9.17) is 0 Å². The monoisotopic (exact) mass is 320 g/mol. The number of hydrogen-bond acceptors (Lipinski definition) is 6. The Hall–Kier alpha value is -2.42. The summed E-state index contributed by atoms with van der Waals surface area (Å²) in [6.07, 6.45) is 0. The third-order valence-corrected chi connectivity index (χ3v) is 4.66. The van der Waals surface area contributed by atoms with Gasteiger partial charge in [-0.3, -0.25) is 19.0 Å². The molecule has 0 aliphatic carbocycles. The molecule has 0 unspecified atom stereocenters. The Morgan fingerprint density at radius 1 is 1.23 bits per heavy atom. The molecule has 3 aromatic rings. The summed E-state index contributed by atoms with van der Waals surface area (Å²) in [5.74, 6) is 0.511. The number of aromatic amines is 1. The quantitative estimate of drug-likeness (QED) is 0.738. The molecule has 3 heterocycles. The van der Waals surface area contributed by atoms with E-state index in [1.165, 1.54) is 11.6 Å². The Kier molecular flexibility index (Phi) is 3.36. The number of fused-ring (bicyclic) bond motifs is 1. The number of aromatic nitrogens is 5. The molecule has 0 aliphatic heterocycles. The van der Waals surface area contributed by atoms with E-state index in [1.807, 2.05) is 13.8 Å². The molecule has 0 fully saturated rings. The van der Waals surface area contributed by atoms with Crippen molar-refractivity contribution >= 4 is 28.2 Å². The van der Waals surface area contributed by atoms with Crippen LogP contribution in [0.15, 0.2) is 9.59 Å². The highest BCUT2D eigenvalue weighted by atomic mass is 32.1. The molecule has 0 aliphatic rings. The van der Waals surface area contributed by atoms with Crippen LogP contribution in [0.5, 0.6) is 0 Å². The molecule has 3 rings (SSSR count). The van der Waals surface area contributed by atoms with Crippen LogP contribution in [0, 0.1) is 13.8 Å². The third-order valence-electron chi connectivity index (χ3n) is 3.58. The van der Waals surface area contributed by atoms with Gasteiger partial charge in [0.15, 0.2) is 5.65 Å². The second kappa shape index (κ2) is 5.09. The van der Waals surface area contributed by atoms with E-state index in [1.54, 1.807) is 18.4 Å². The summed E-state index contributed by atoms with van der Waals surface area (Å²) in [6.45, 7) is 4.45. The minimum Gasteiger partial charge on any atom is -0.365 e. The van der Waals surface area contributed by atoms with Crippen molar-refractivity contribution in [2.45, 2.75) is 20.4 Å². The van der Waals surface area contributed by atoms with E-state index >= 15 is 0 Å². The SMILES string of the molecule is Cc1nc(C)c(CNc2[nH]nc3c2c(=O)n(C)c(=O)n3C)s1. The summed E-state index contributed by atoms with van der Waals surface area (Å²) in [5.41, 5.74) is 0.544. The Morgan fingerprint density at radius 3 is 2.59 bits per heavy atom. The van der Waals surface area contributed by atoms with Crippen molar-refractivity contribution in [3.63, 3.8) is 0 Å². The molecular formula is C13H16N6O2S. The standard InChI is InChI=1S/C13H16N6O2S/c1-6-8(22-7(2)15-6)5-14-10-9-11(17-16-10)18(3)13(21)19(4)12(9)20/h5H2,1-4H3,(H2,14,16,17). The van der Waals surface area contributed by atoms with E-state index in [0.717, 1.165) is 20.1 Å². The number of hydrogen-bond donors (Lipinski definition) is 2. The maximum Gasteiger partial charge on any atom is 0.332 e. The van der Waals surface area contributed by atoms with Crippen LogP contribution in [-0.2, 0) is 20.6 Å². The van der Waals surface area contributed by atoms with E-state index in [0.29, 0.717) is 23.4 Å². The lowest BCUT2D eigenvalue weighted by atomic mass is 10.3. The molecule has 3 aromatic heterocycles. The molecular weight excluding hydrogens is 304 g/mol. The van der Waals surface area contributed by atoms with Crippen LogP contribution in [0.1, 0.15) is 15.6 Å². The Bertz CT molecular complexity index is 977. The zero-order valence-corrected chi connectivity index (χ0v) is 13.5. The zero-order chi connectivity index (χ0) is 16.0. The third kappa shape index (κ3) is 2.13. The van der Waals surface area contributed by atoms with Crippen molar-refractivity contribution in [2.24, 2.45) is 14.1 Å². The molecule has 0 spiro atoms. The smallest absolute Gasteiger partial charge is 0.332 e. The van der Waals surface area contributed by atoms with Gasteiger partial charge in [-0.05, 0) is 13.8 Å². The molecule has 0 radical (unpaired) electrons. The molecule has 0 saturated carbocycles. The Balaban J connectivity index is 2.04. The number of rotatable bonds is 3. The van der Waals surface area contributed by atoms with Crippen molar-refractivity contribution in [1.82, 2.24) is 24.3 Å². The average molecular weight is 320 g/mol. The lowest BCUT2D eigenvalue weighted by molar-refractivity contribution is 0.708. The number of anilines is 1. The number of nitrogens with zero attached hydrogens (tertiary/aromatic N) is 4.